The van der Waals surface area contributed by atoms with Crippen LogP contribution in [0.4, 0.5) is 33.4 Å². The first-order valence-corrected chi connectivity index (χ1v) is 29.6. The van der Waals surface area contributed by atoms with Gasteiger partial charge in [-0.15, -0.1) is 11.3 Å². The maximum atomic E-state index is 14.7. The summed E-state index contributed by atoms with van der Waals surface area (Å²) in [5.41, 5.74) is 9.02. The van der Waals surface area contributed by atoms with Crippen molar-refractivity contribution in [3.8, 4) is 11.1 Å². The third-order valence-corrected chi connectivity index (χ3v) is 26.1. The molecule has 11 aromatic rings. The SMILES string of the molecule is O=C1c2ccccc2C(=O)c2cc(-c3c(N4c5ccccc5[Si](c5ccccc5)(c5ccccc5)c5ccccc54)csc3N3c4ccccc4[Si](c4ccccc4)(c4ccccc4)c4ccccc43)ccc21. The van der Waals surface area contributed by atoms with Gasteiger partial charge in [-0.1, -0.05) is 224 Å². The number of ketones is 2. The summed E-state index contributed by atoms with van der Waals surface area (Å²) in [6.07, 6.45) is 0. The van der Waals surface area contributed by atoms with Crippen molar-refractivity contribution in [2.45, 2.75) is 0 Å². The predicted octanol–water partition coefficient (Wildman–Crippen LogP) is 10.5. The summed E-state index contributed by atoms with van der Waals surface area (Å²) in [6.45, 7) is 0. The fraction of sp³-hybridized carbons (Fsp3) is 0. The number of hydrogen-bond acceptors (Lipinski definition) is 5. The van der Waals surface area contributed by atoms with Crippen molar-refractivity contribution < 1.29 is 9.59 Å². The van der Waals surface area contributed by atoms with Crippen LogP contribution in [0.25, 0.3) is 11.1 Å². The molecule has 0 amide bonds. The lowest BCUT2D eigenvalue weighted by Crippen LogP contribution is -2.77. The minimum atomic E-state index is -2.94. The molecule has 0 saturated carbocycles. The largest absolute Gasteiger partial charge is 0.309 e. The number of anilines is 6. The summed E-state index contributed by atoms with van der Waals surface area (Å²) in [4.78, 5) is 34.0. The smallest absolute Gasteiger partial charge is 0.194 e. The van der Waals surface area contributed by atoms with E-state index < -0.39 is 16.1 Å². The summed E-state index contributed by atoms with van der Waals surface area (Å²) in [6, 6.07) is 93.6. The molecule has 0 fully saturated rings. The predicted molar refractivity (Wildman–Crippen MR) is 307 cm³/mol. The molecule has 14 rings (SSSR count). The lowest BCUT2D eigenvalue weighted by Gasteiger charge is -2.45. The standard InChI is InChI=1S/C66H44N2O2SSi2/c69-64-50-31-13-14-32-51(50)65(70)53-43-45(41-42-52(53)64)63-58(67-54-33-15-19-37-59(54)72(46-23-5-1-6-24-46,47-25-7-2-8-26-47)60-38-20-16-34-55(60)67)44-71-66(63)68-56-35-17-21-39-61(56)73(48-27-9-3-10-28-48,49-29-11-4-12-30-49)62-40-22-18-36-57(62)68/h1-44H. The topological polar surface area (TPSA) is 40.6 Å². The van der Waals surface area contributed by atoms with E-state index in [0.717, 1.165) is 44.6 Å². The molecule has 0 spiro atoms. The number of fused-ring (bicyclic) bond motifs is 6. The molecule has 3 heterocycles. The highest BCUT2D eigenvalue weighted by molar-refractivity contribution is 7.22. The Hall–Kier alpha value is -8.73. The second-order valence-corrected chi connectivity index (χ2v) is 27.3. The molecule has 10 aromatic carbocycles. The van der Waals surface area contributed by atoms with Gasteiger partial charge in [0.1, 0.15) is 5.00 Å². The third-order valence-electron chi connectivity index (χ3n) is 15.4. The van der Waals surface area contributed by atoms with Crippen LogP contribution in [0.2, 0.25) is 0 Å². The van der Waals surface area contributed by atoms with Crippen LogP contribution in [0.15, 0.2) is 266 Å². The zero-order chi connectivity index (χ0) is 48.7. The zero-order valence-electron chi connectivity index (χ0n) is 39.5. The number of hydrogen-bond donors (Lipinski definition) is 0. The third kappa shape index (κ3) is 6.17. The summed E-state index contributed by atoms with van der Waals surface area (Å²) >= 11 is 1.72. The molecular formula is C66H44N2O2SSi2. The van der Waals surface area contributed by atoms with Crippen molar-refractivity contribution in [3.63, 3.8) is 0 Å². The maximum Gasteiger partial charge on any atom is 0.194 e. The maximum absolute atomic E-state index is 14.7. The number of nitrogens with zero attached hydrogens (tertiary/aromatic N) is 2. The van der Waals surface area contributed by atoms with Crippen molar-refractivity contribution in [1.29, 1.82) is 0 Å². The van der Waals surface area contributed by atoms with Crippen molar-refractivity contribution in [2.75, 3.05) is 9.80 Å². The van der Waals surface area contributed by atoms with Gasteiger partial charge in [-0.2, -0.15) is 0 Å². The van der Waals surface area contributed by atoms with Crippen LogP contribution in [-0.2, 0) is 0 Å². The van der Waals surface area contributed by atoms with Crippen LogP contribution in [-0.4, -0.2) is 27.7 Å². The Morgan fingerprint density at radius 1 is 0.301 bits per heavy atom. The van der Waals surface area contributed by atoms with Gasteiger partial charge < -0.3 is 9.80 Å². The van der Waals surface area contributed by atoms with Crippen LogP contribution >= 0.6 is 11.3 Å². The molecule has 344 valence electrons. The van der Waals surface area contributed by atoms with Gasteiger partial charge in [0.25, 0.3) is 0 Å². The molecule has 4 nitrogen and oxygen atoms in total. The van der Waals surface area contributed by atoms with Gasteiger partial charge in [0.05, 0.1) is 5.69 Å². The molecule has 7 heteroatoms. The van der Waals surface area contributed by atoms with Crippen LogP contribution in [0.1, 0.15) is 31.8 Å². The number of benzene rings is 10. The molecule has 1 aromatic heterocycles. The van der Waals surface area contributed by atoms with E-state index in [9.17, 15) is 9.59 Å². The Morgan fingerprint density at radius 2 is 0.630 bits per heavy atom. The Bertz CT molecular complexity index is 3610. The molecule has 3 aliphatic rings. The molecular weight excluding hydrogens is 941 g/mol. The average Bonchev–Trinajstić information content (AvgIpc) is 3.90. The first-order valence-electron chi connectivity index (χ1n) is 24.7. The Labute approximate surface area is 430 Å². The minimum Gasteiger partial charge on any atom is -0.309 e. The molecule has 0 bridgehead atoms. The van der Waals surface area contributed by atoms with Gasteiger partial charge in [-0.3, -0.25) is 9.59 Å². The van der Waals surface area contributed by atoms with E-state index >= 15 is 0 Å². The second kappa shape index (κ2) is 17.0. The van der Waals surface area contributed by atoms with Crippen molar-refractivity contribution in [1.82, 2.24) is 0 Å². The van der Waals surface area contributed by atoms with E-state index in [1.165, 1.54) is 41.5 Å². The molecule has 1 aliphatic carbocycles. The van der Waals surface area contributed by atoms with Gasteiger partial charge in [-0.25, -0.2) is 0 Å². The van der Waals surface area contributed by atoms with E-state index in [1.54, 1.807) is 23.5 Å². The van der Waals surface area contributed by atoms with E-state index in [0.29, 0.717) is 22.3 Å². The molecule has 73 heavy (non-hydrogen) atoms. The van der Waals surface area contributed by atoms with Crippen LogP contribution in [0.5, 0.6) is 0 Å². The van der Waals surface area contributed by atoms with Gasteiger partial charge in [0.15, 0.2) is 27.7 Å². The molecule has 2 aliphatic heterocycles. The Kier molecular flexibility index (Phi) is 10.0. The number of carbonyl (C=O) groups is 2. The Balaban J connectivity index is 1.07. The Morgan fingerprint density at radius 3 is 1.04 bits per heavy atom. The van der Waals surface area contributed by atoms with Gasteiger partial charge in [-0.05, 0) is 83.5 Å². The highest BCUT2D eigenvalue weighted by atomic mass is 32.1. The van der Waals surface area contributed by atoms with Crippen molar-refractivity contribution in [2.24, 2.45) is 0 Å². The number of rotatable bonds is 7. The fourth-order valence-corrected chi connectivity index (χ4v) is 23.8. The van der Waals surface area contributed by atoms with Crippen molar-refractivity contribution >= 4 is 114 Å². The van der Waals surface area contributed by atoms with E-state index in [1.807, 2.05) is 24.3 Å². The van der Waals surface area contributed by atoms with E-state index in [-0.39, 0.29) is 11.6 Å². The summed E-state index contributed by atoms with van der Waals surface area (Å²) in [7, 11) is -5.89. The summed E-state index contributed by atoms with van der Waals surface area (Å²) in [5, 5.41) is 13.8. The number of thiophene rings is 1. The zero-order valence-corrected chi connectivity index (χ0v) is 42.3. The van der Waals surface area contributed by atoms with E-state index in [2.05, 4.69) is 240 Å². The van der Waals surface area contributed by atoms with Crippen molar-refractivity contribution in [3.05, 3.63) is 288 Å². The first-order chi connectivity index (χ1) is 36.1. The quantitative estimate of drug-likeness (QED) is 0.149. The van der Waals surface area contributed by atoms with Crippen LogP contribution in [0, 0.1) is 0 Å². The average molecular weight is 985 g/mol. The summed E-state index contributed by atoms with van der Waals surface area (Å²) < 4.78 is 0. The normalized spacial score (nSPS) is 14.5. The molecule has 0 unspecified atom stereocenters. The minimum absolute atomic E-state index is 0.133. The molecule has 0 N–H and O–H groups in total. The van der Waals surface area contributed by atoms with Crippen LogP contribution in [0.3, 0.4) is 0 Å². The first kappa shape index (κ1) is 43.1. The molecule has 0 atom stereocenters. The second-order valence-electron chi connectivity index (χ2n) is 19.0. The van der Waals surface area contributed by atoms with Crippen LogP contribution < -0.4 is 51.3 Å². The monoisotopic (exact) mass is 984 g/mol. The summed E-state index contributed by atoms with van der Waals surface area (Å²) in [5.74, 6) is -0.276. The van der Waals surface area contributed by atoms with Gasteiger partial charge >= 0.3 is 0 Å². The lowest BCUT2D eigenvalue weighted by molar-refractivity contribution is 0.0979. The highest BCUT2D eigenvalue weighted by Gasteiger charge is 2.51. The molecule has 0 radical (unpaired) electrons. The molecule has 0 saturated heterocycles. The number of carbonyl (C=O) groups excluding carboxylic acids is 2. The van der Waals surface area contributed by atoms with E-state index in [4.69, 9.17) is 0 Å². The number of para-hydroxylation sites is 4. The lowest BCUT2D eigenvalue weighted by atomic mass is 9.83. The van der Waals surface area contributed by atoms with Gasteiger partial charge in [0, 0.05) is 55.9 Å². The highest BCUT2D eigenvalue weighted by Crippen LogP contribution is 2.54. The van der Waals surface area contributed by atoms with Gasteiger partial charge in [0.2, 0.25) is 0 Å². The fourth-order valence-electron chi connectivity index (χ4n) is 12.5.